The minimum Gasteiger partial charge on any atom is -0.396 e. The van der Waals surface area contributed by atoms with E-state index in [0.717, 1.165) is 12.8 Å². The van der Waals surface area contributed by atoms with Gasteiger partial charge in [-0.2, -0.15) is 0 Å². The Hall–Kier alpha value is -1.38. The Morgan fingerprint density at radius 2 is 1.82 bits per heavy atom. The fourth-order valence-electron chi connectivity index (χ4n) is 2.26. The first-order chi connectivity index (χ1) is 8.24. The van der Waals surface area contributed by atoms with E-state index in [2.05, 4.69) is 37.3 Å². The predicted octanol–water partition coefficient (Wildman–Crippen LogP) is 2.92. The second-order valence-electron chi connectivity index (χ2n) is 4.49. The van der Waals surface area contributed by atoms with E-state index in [4.69, 9.17) is 10.8 Å². The molecule has 0 bridgehead atoms. The minimum absolute atomic E-state index is 0.00708. The van der Waals surface area contributed by atoms with Crippen LogP contribution in [0.4, 0.5) is 0 Å². The van der Waals surface area contributed by atoms with Crippen LogP contribution in [0, 0.1) is 6.92 Å². The molecule has 0 aromatic heterocycles. The number of rotatable bonds is 4. The summed E-state index contributed by atoms with van der Waals surface area (Å²) in [7, 11) is 0. The van der Waals surface area contributed by atoms with E-state index in [1.807, 2.05) is 6.07 Å². The number of aliphatic hydroxyl groups excluding tert-OH is 1. The smallest absolute Gasteiger partial charge is 0.0431 e. The van der Waals surface area contributed by atoms with Gasteiger partial charge in [-0.05, 0) is 41.7 Å². The molecule has 2 rings (SSSR count). The molecule has 3 N–H and O–H groups in total. The first-order valence-corrected chi connectivity index (χ1v) is 6.08. The molecule has 0 amide bonds. The monoisotopic (exact) mass is 229 g/mol. The summed E-state index contributed by atoms with van der Waals surface area (Å²) in [5.74, 6) is 0. The van der Waals surface area contributed by atoms with Gasteiger partial charge in [0.2, 0.25) is 0 Å². The molecule has 2 aromatic carbocycles. The first-order valence-electron chi connectivity index (χ1n) is 6.08. The maximum Gasteiger partial charge on any atom is 0.0431 e. The van der Waals surface area contributed by atoms with Crippen molar-refractivity contribution in [1.82, 2.24) is 0 Å². The predicted molar refractivity (Wildman–Crippen MR) is 71.9 cm³/mol. The first kappa shape index (κ1) is 12.1. The van der Waals surface area contributed by atoms with Crippen LogP contribution in [0.1, 0.15) is 30.0 Å². The summed E-state index contributed by atoms with van der Waals surface area (Å²) >= 11 is 0. The summed E-state index contributed by atoms with van der Waals surface area (Å²) in [6.07, 6.45) is 1.58. The zero-order chi connectivity index (χ0) is 12.3. The molecule has 0 unspecified atom stereocenters. The number of hydrogen-bond donors (Lipinski definition) is 2. The third kappa shape index (κ3) is 2.48. The lowest BCUT2D eigenvalue weighted by atomic mass is 9.94. The maximum absolute atomic E-state index is 8.86. The molecular weight excluding hydrogens is 210 g/mol. The van der Waals surface area contributed by atoms with Gasteiger partial charge < -0.3 is 10.8 Å². The number of fused-ring (bicyclic) bond motifs is 1. The van der Waals surface area contributed by atoms with Gasteiger partial charge >= 0.3 is 0 Å². The molecule has 0 radical (unpaired) electrons. The van der Waals surface area contributed by atoms with Gasteiger partial charge in [-0.15, -0.1) is 0 Å². The number of aryl methyl sites for hydroxylation is 1. The Morgan fingerprint density at radius 1 is 1.12 bits per heavy atom. The Morgan fingerprint density at radius 3 is 2.53 bits per heavy atom. The van der Waals surface area contributed by atoms with E-state index < -0.39 is 0 Å². The van der Waals surface area contributed by atoms with Crippen LogP contribution in [0.2, 0.25) is 0 Å². The van der Waals surface area contributed by atoms with Crippen molar-refractivity contribution in [2.24, 2.45) is 5.73 Å². The Balaban J connectivity index is 2.44. The van der Waals surface area contributed by atoms with E-state index in [-0.39, 0.29) is 12.6 Å². The molecule has 0 heterocycles. The SMILES string of the molecule is Cc1ccc([C@@H](N)CCCO)c2ccccc12. The average Bonchev–Trinajstić information content (AvgIpc) is 2.37. The number of benzene rings is 2. The molecule has 0 aliphatic heterocycles. The van der Waals surface area contributed by atoms with Crippen molar-refractivity contribution in [1.29, 1.82) is 0 Å². The van der Waals surface area contributed by atoms with Gasteiger partial charge in [0.15, 0.2) is 0 Å². The zero-order valence-electron chi connectivity index (χ0n) is 10.2. The second kappa shape index (κ2) is 5.30. The van der Waals surface area contributed by atoms with Crippen molar-refractivity contribution in [3.05, 3.63) is 47.5 Å². The molecule has 2 heteroatoms. The molecule has 0 saturated carbocycles. The topological polar surface area (TPSA) is 46.2 Å². The van der Waals surface area contributed by atoms with Crippen LogP contribution in [0.25, 0.3) is 10.8 Å². The van der Waals surface area contributed by atoms with Crippen molar-refractivity contribution in [3.8, 4) is 0 Å². The summed E-state index contributed by atoms with van der Waals surface area (Å²) in [5.41, 5.74) is 8.64. The molecule has 17 heavy (non-hydrogen) atoms. The largest absolute Gasteiger partial charge is 0.396 e. The van der Waals surface area contributed by atoms with Crippen molar-refractivity contribution >= 4 is 10.8 Å². The number of aliphatic hydroxyl groups is 1. The third-order valence-corrected chi connectivity index (χ3v) is 3.25. The van der Waals surface area contributed by atoms with Crippen molar-refractivity contribution in [3.63, 3.8) is 0 Å². The van der Waals surface area contributed by atoms with Gasteiger partial charge in [-0.25, -0.2) is 0 Å². The minimum atomic E-state index is 0.00708. The van der Waals surface area contributed by atoms with Crippen molar-refractivity contribution in [2.75, 3.05) is 6.61 Å². The van der Waals surface area contributed by atoms with Gasteiger partial charge in [-0.1, -0.05) is 36.4 Å². The molecule has 0 aliphatic rings. The van der Waals surface area contributed by atoms with Gasteiger partial charge in [0.1, 0.15) is 0 Å². The summed E-state index contributed by atoms with van der Waals surface area (Å²) in [5, 5.41) is 11.4. The Kier molecular flexibility index (Phi) is 3.77. The molecule has 0 fully saturated rings. The van der Waals surface area contributed by atoms with Crippen molar-refractivity contribution < 1.29 is 5.11 Å². The lowest BCUT2D eigenvalue weighted by molar-refractivity contribution is 0.280. The van der Waals surface area contributed by atoms with E-state index in [1.54, 1.807) is 0 Å². The molecule has 2 aromatic rings. The number of hydrogen-bond acceptors (Lipinski definition) is 2. The molecular formula is C15H19NO. The molecule has 0 aliphatic carbocycles. The summed E-state index contributed by atoms with van der Waals surface area (Å²) in [6.45, 7) is 2.32. The highest BCUT2D eigenvalue weighted by atomic mass is 16.2. The maximum atomic E-state index is 8.86. The van der Waals surface area contributed by atoms with Crippen LogP contribution in [0.15, 0.2) is 36.4 Å². The fraction of sp³-hybridized carbons (Fsp3) is 0.333. The summed E-state index contributed by atoms with van der Waals surface area (Å²) in [4.78, 5) is 0. The lowest BCUT2D eigenvalue weighted by Gasteiger charge is -2.15. The van der Waals surface area contributed by atoms with E-state index in [0.29, 0.717) is 0 Å². The highest BCUT2D eigenvalue weighted by molar-refractivity contribution is 5.88. The molecule has 0 saturated heterocycles. The molecule has 2 nitrogen and oxygen atoms in total. The standard InChI is InChI=1S/C15H19NO/c1-11-8-9-14(15(16)7-4-10-17)13-6-3-2-5-12(11)13/h2-3,5-6,8-9,15,17H,4,7,10,16H2,1H3/t15-/m0/s1. The van der Waals surface area contributed by atoms with Gasteiger partial charge in [-0.3, -0.25) is 0 Å². The summed E-state index contributed by atoms with van der Waals surface area (Å²) < 4.78 is 0. The van der Waals surface area contributed by atoms with E-state index in [9.17, 15) is 0 Å². The van der Waals surface area contributed by atoms with Crippen LogP contribution in [-0.2, 0) is 0 Å². The molecule has 1 atom stereocenters. The third-order valence-electron chi connectivity index (χ3n) is 3.25. The van der Waals surface area contributed by atoms with Gasteiger partial charge in [0.25, 0.3) is 0 Å². The average molecular weight is 229 g/mol. The van der Waals surface area contributed by atoms with Crippen LogP contribution in [0.5, 0.6) is 0 Å². The second-order valence-corrected chi connectivity index (χ2v) is 4.49. The molecule has 0 spiro atoms. The normalized spacial score (nSPS) is 12.9. The van der Waals surface area contributed by atoms with Crippen molar-refractivity contribution in [2.45, 2.75) is 25.8 Å². The summed E-state index contributed by atoms with van der Waals surface area (Å²) in [6, 6.07) is 12.6. The highest BCUT2D eigenvalue weighted by Crippen LogP contribution is 2.27. The Labute approximate surface area is 102 Å². The lowest BCUT2D eigenvalue weighted by Crippen LogP contribution is -2.11. The highest BCUT2D eigenvalue weighted by Gasteiger charge is 2.10. The Bertz CT molecular complexity index is 507. The van der Waals surface area contributed by atoms with Crippen LogP contribution >= 0.6 is 0 Å². The van der Waals surface area contributed by atoms with Gasteiger partial charge in [0, 0.05) is 12.6 Å². The molecule has 90 valence electrons. The van der Waals surface area contributed by atoms with Crippen LogP contribution < -0.4 is 5.73 Å². The fourth-order valence-corrected chi connectivity index (χ4v) is 2.26. The van der Waals surface area contributed by atoms with Crippen LogP contribution in [-0.4, -0.2) is 11.7 Å². The van der Waals surface area contributed by atoms with Crippen LogP contribution in [0.3, 0.4) is 0 Å². The quantitative estimate of drug-likeness (QED) is 0.846. The number of nitrogens with two attached hydrogens (primary N) is 1. The zero-order valence-corrected chi connectivity index (χ0v) is 10.2. The van der Waals surface area contributed by atoms with Gasteiger partial charge in [0.05, 0.1) is 0 Å². The van der Waals surface area contributed by atoms with E-state index in [1.165, 1.54) is 21.9 Å². The van der Waals surface area contributed by atoms with E-state index >= 15 is 0 Å².